The van der Waals surface area contributed by atoms with Crippen molar-refractivity contribution in [3.05, 3.63) is 11.2 Å². The quantitative estimate of drug-likeness (QED) is 0.810. The third-order valence-electron chi connectivity index (χ3n) is 1.79. The van der Waals surface area contributed by atoms with E-state index in [1.807, 2.05) is 0 Å². The molecule has 0 spiro atoms. The molecule has 5 heteroatoms. The fourth-order valence-electron chi connectivity index (χ4n) is 0.949. The molecular formula is C10H16ClN3O. The van der Waals surface area contributed by atoms with Crippen LogP contribution in [-0.2, 0) is 0 Å². The molecule has 1 heterocycles. The lowest BCUT2D eigenvalue weighted by molar-refractivity contribution is 0.236. The lowest BCUT2D eigenvalue weighted by Crippen LogP contribution is -2.12. The minimum atomic E-state index is 0.133. The van der Waals surface area contributed by atoms with Crippen molar-refractivity contribution in [3.63, 3.8) is 0 Å². The normalized spacial score (nSPS) is 11.5. The van der Waals surface area contributed by atoms with E-state index in [1.54, 1.807) is 6.07 Å². The van der Waals surface area contributed by atoms with Crippen molar-refractivity contribution in [2.24, 2.45) is 5.41 Å². The molecule has 2 N–H and O–H groups in total. The van der Waals surface area contributed by atoms with Crippen LogP contribution < -0.4 is 10.5 Å². The van der Waals surface area contributed by atoms with Gasteiger partial charge in [-0.25, -0.2) is 4.98 Å². The van der Waals surface area contributed by atoms with Gasteiger partial charge in [-0.1, -0.05) is 32.4 Å². The van der Waals surface area contributed by atoms with Gasteiger partial charge in [-0.05, 0) is 11.8 Å². The van der Waals surface area contributed by atoms with Crippen LogP contribution in [0.2, 0.25) is 5.15 Å². The van der Waals surface area contributed by atoms with Gasteiger partial charge in [0.2, 0.25) is 11.8 Å². The number of aromatic nitrogens is 2. The Hall–Kier alpha value is -1.03. The second kappa shape index (κ2) is 4.66. The van der Waals surface area contributed by atoms with Gasteiger partial charge in [0.15, 0.2) is 0 Å². The summed E-state index contributed by atoms with van der Waals surface area (Å²) in [4.78, 5) is 7.66. The lowest BCUT2D eigenvalue weighted by atomic mass is 9.93. The molecule has 15 heavy (non-hydrogen) atoms. The van der Waals surface area contributed by atoms with E-state index in [0.29, 0.717) is 17.6 Å². The van der Waals surface area contributed by atoms with Crippen LogP contribution in [0.1, 0.15) is 27.2 Å². The summed E-state index contributed by atoms with van der Waals surface area (Å²) < 4.78 is 5.43. The van der Waals surface area contributed by atoms with Gasteiger partial charge in [-0.2, -0.15) is 4.98 Å². The highest BCUT2D eigenvalue weighted by Crippen LogP contribution is 2.20. The van der Waals surface area contributed by atoms with Crippen LogP contribution >= 0.6 is 11.6 Å². The van der Waals surface area contributed by atoms with Gasteiger partial charge in [0.05, 0.1) is 6.61 Å². The standard InChI is InChI=1S/C10H16ClN3O/c1-10(2,3)4-5-15-8-6-7(11)13-9(12)14-8/h6H,4-5H2,1-3H3,(H2,12,13,14). The summed E-state index contributed by atoms with van der Waals surface area (Å²) in [5.41, 5.74) is 5.67. The molecule has 0 aliphatic carbocycles. The summed E-state index contributed by atoms with van der Waals surface area (Å²) in [6.45, 7) is 7.04. The van der Waals surface area contributed by atoms with Crippen LogP contribution in [0, 0.1) is 5.41 Å². The summed E-state index contributed by atoms with van der Waals surface area (Å²) in [6, 6.07) is 1.56. The zero-order chi connectivity index (χ0) is 11.5. The van der Waals surface area contributed by atoms with E-state index in [2.05, 4.69) is 30.7 Å². The maximum Gasteiger partial charge on any atom is 0.224 e. The molecule has 1 aromatic rings. The summed E-state index contributed by atoms with van der Waals surface area (Å²) in [7, 11) is 0. The second-order valence-corrected chi connectivity index (χ2v) is 4.93. The summed E-state index contributed by atoms with van der Waals surface area (Å²) in [6.07, 6.45) is 0.939. The zero-order valence-electron chi connectivity index (χ0n) is 9.25. The summed E-state index contributed by atoms with van der Waals surface area (Å²) in [5, 5.41) is 0.299. The predicted molar refractivity (Wildman–Crippen MR) is 61.0 cm³/mol. The van der Waals surface area contributed by atoms with E-state index in [1.165, 1.54) is 0 Å². The van der Waals surface area contributed by atoms with Crippen LogP contribution in [0.5, 0.6) is 5.88 Å². The van der Waals surface area contributed by atoms with Gasteiger partial charge >= 0.3 is 0 Å². The number of ether oxygens (including phenoxy) is 1. The topological polar surface area (TPSA) is 61.0 Å². The van der Waals surface area contributed by atoms with Gasteiger partial charge in [-0.15, -0.1) is 0 Å². The molecule has 1 rings (SSSR count). The number of rotatable bonds is 3. The molecule has 0 radical (unpaired) electrons. The Morgan fingerprint density at radius 3 is 2.60 bits per heavy atom. The molecule has 0 fully saturated rings. The summed E-state index contributed by atoms with van der Waals surface area (Å²) in [5.74, 6) is 0.560. The Kier molecular flexibility index (Phi) is 3.74. The highest BCUT2D eigenvalue weighted by Gasteiger charge is 2.10. The predicted octanol–water partition coefficient (Wildman–Crippen LogP) is 2.53. The molecule has 0 aliphatic heterocycles. The number of halogens is 1. The van der Waals surface area contributed by atoms with Crippen molar-refractivity contribution in [2.75, 3.05) is 12.3 Å². The lowest BCUT2D eigenvalue weighted by Gasteiger charge is -2.17. The monoisotopic (exact) mass is 229 g/mol. The van der Waals surface area contributed by atoms with Crippen molar-refractivity contribution in [1.29, 1.82) is 0 Å². The zero-order valence-corrected chi connectivity index (χ0v) is 10.0. The fourth-order valence-corrected chi connectivity index (χ4v) is 1.13. The minimum Gasteiger partial charge on any atom is -0.477 e. The molecule has 0 atom stereocenters. The summed E-state index contributed by atoms with van der Waals surface area (Å²) >= 11 is 5.71. The second-order valence-electron chi connectivity index (χ2n) is 4.55. The average Bonchev–Trinajstić information content (AvgIpc) is 1.99. The van der Waals surface area contributed by atoms with E-state index in [-0.39, 0.29) is 11.4 Å². The van der Waals surface area contributed by atoms with E-state index >= 15 is 0 Å². The van der Waals surface area contributed by atoms with Crippen LogP contribution in [-0.4, -0.2) is 16.6 Å². The molecule has 0 saturated carbocycles. The highest BCUT2D eigenvalue weighted by atomic mass is 35.5. The van der Waals surface area contributed by atoms with Gasteiger partial charge in [0.25, 0.3) is 0 Å². The molecular weight excluding hydrogens is 214 g/mol. The Bertz CT molecular complexity index is 316. The van der Waals surface area contributed by atoms with Crippen LogP contribution in [0.3, 0.4) is 0 Å². The third-order valence-corrected chi connectivity index (χ3v) is 1.98. The van der Waals surface area contributed by atoms with Gasteiger partial charge in [0, 0.05) is 6.07 Å². The maximum atomic E-state index is 5.71. The van der Waals surface area contributed by atoms with E-state index in [0.717, 1.165) is 6.42 Å². The number of nitrogens with zero attached hydrogens (tertiary/aromatic N) is 2. The average molecular weight is 230 g/mol. The number of anilines is 1. The molecule has 84 valence electrons. The highest BCUT2D eigenvalue weighted by molar-refractivity contribution is 6.29. The third kappa shape index (κ3) is 4.83. The van der Waals surface area contributed by atoms with E-state index < -0.39 is 0 Å². The van der Waals surface area contributed by atoms with E-state index in [9.17, 15) is 0 Å². The first-order chi connectivity index (χ1) is 6.87. The number of nitrogen functional groups attached to an aromatic ring is 1. The molecule has 0 aromatic carbocycles. The Morgan fingerprint density at radius 1 is 1.40 bits per heavy atom. The molecule has 0 saturated heterocycles. The number of hydrogen-bond acceptors (Lipinski definition) is 4. The molecule has 0 aliphatic rings. The maximum absolute atomic E-state index is 5.71. The van der Waals surface area contributed by atoms with Crippen molar-refractivity contribution < 1.29 is 4.74 Å². The molecule has 0 amide bonds. The van der Waals surface area contributed by atoms with Gasteiger partial charge in [-0.3, -0.25) is 0 Å². The first-order valence-electron chi connectivity index (χ1n) is 4.80. The minimum absolute atomic E-state index is 0.133. The van der Waals surface area contributed by atoms with Crippen LogP contribution in [0.25, 0.3) is 0 Å². The van der Waals surface area contributed by atoms with Crippen LogP contribution in [0.15, 0.2) is 6.07 Å². The van der Waals surface area contributed by atoms with Crippen molar-refractivity contribution in [1.82, 2.24) is 9.97 Å². The first kappa shape index (κ1) is 12.0. The van der Waals surface area contributed by atoms with E-state index in [4.69, 9.17) is 22.1 Å². The Labute approximate surface area is 94.8 Å². The Morgan fingerprint density at radius 2 is 2.07 bits per heavy atom. The van der Waals surface area contributed by atoms with Crippen molar-refractivity contribution >= 4 is 17.5 Å². The fraction of sp³-hybridized carbons (Fsp3) is 0.600. The largest absolute Gasteiger partial charge is 0.477 e. The molecule has 4 nitrogen and oxygen atoms in total. The number of nitrogens with two attached hydrogens (primary N) is 1. The van der Waals surface area contributed by atoms with Crippen molar-refractivity contribution in [2.45, 2.75) is 27.2 Å². The van der Waals surface area contributed by atoms with Gasteiger partial charge in [0.1, 0.15) is 5.15 Å². The van der Waals surface area contributed by atoms with Gasteiger partial charge < -0.3 is 10.5 Å². The SMILES string of the molecule is CC(C)(C)CCOc1cc(Cl)nc(N)n1. The molecule has 0 bridgehead atoms. The first-order valence-corrected chi connectivity index (χ1v) is 5.17. The Balaban J connectivity index is 2.51. The van der Waals surface area contributed by atoms with Crippen molar-refractivity contribution in [3.8, 4) is 5.88 Å². The number of hydrogen-bond donors (Lipinski definition) is 1. The smallest absolute Gasteiger partial charge is 0.224 e. The van der Waals surface area contributed by atoms with Crippen LogP contribution in [0.4, 0.5) is 5.95 Å². The molecule has 1 aromatic heterocycles. The molecule has 0 unspecified atom stereocenters.